The summed E-state index contributed by atoms with van der Waals surface area (Å²) in [5.41, 5.74) is 7.34. The number of hydrogen-bond acceptors (Lipinski definition) is 4. The molecular weight excluding hydrogens is 194 g/mol. The van der Waals surface area contributed by atoms with Crippen LogP contribution >= 0.6 is 0 Å². The summed E-state index contributed by atoms with van der Waals surface area (Å²) in [6, 6.07) is 5.56. The molecule has 0 amide bonds. The van der Waals surface area contributed by atoms with Crippen molar-refractivity contribution in [3.8, 4) is 5.75 Å². The number of methoxy groups -OCH3 is 1. The summed E-state index contributed by atoms with van der Waals surface area (Å²) in [4.78, 5) is 11.3. The van der Waals surface area contributed by atoms with Gasteiger partial charge in [-0.1, -0.05) is 12.1 Å². The molecule has 0 spiro atoms. The molecule has 0 saturated carbocycles. The van der Waals surface area contributed by atoms with Gasteiger partial charge >= 0.3 is 5.97 Å². The van der Waals surface area contributed by atoms with Gasteiger partial charge in [0.25, 0.3) is 0 Å². The second kappa shape index (κ2) is 3.81. The molecule has 1 heterocycles. The minimum Gasteiger partial charge on any atom is -0.490 e. The van der Waals surface area contributed by atoms with Crippen LogP contribution in [0.4, 0.5) is 5.69 Å². The highest BCUT2D eigenvalue weighted by Gasteiger charge is 2.27. The Morgan fingerprint density at radius 3 is 3.13 bits per heavy atom. The molecular formula is C11H13NO3. The van der Waals surface area contributed by atoms with Crippen molar-refractivity contribution in [1.82, 2.24) is 0 Å². The van der Waals surface area contributed by atoms with Gasteiger partial charge in [0.15, 0.2) is 0 Å². The minimum atomic E-state index is -0.233. The summed E-state index contributed by atoms with van der Waals surface area (Å²) in [7, 11) is 1.39. The van der Waals surface area contributed by atoms with E-state index in [0.717, 1.165) is 5.56 Å². The van der Waals surface area contributed by atoms with Crippen LogP contribution < -0.4 is 10.5 Å². The fourth-order valence-corrected chi connectivity index (χ4v) is 1.77. The summed E-state index contributed by atoms with van der Waals surface area (Å²) in [5.74, 6) is 0.255. The molecule has 1 aliphatic rings. The lowest BCUT2D eigenvalue weighted by molar-refractivity contribution is -0.146. The van der Waals surface area contributed by atoms with E-state index in [1.165, 1.54) is 7.11 Å². The smallest absolute Gasteiger partial charge is 0.312 e. The van der Waals surface area contributed by atoms with Crippen molar-refractivity contribution in [3.05, 3.63) is 23.8 Å². The zero-order valence-corrected chi connectivity index (χ0v) is 8.53. The first-order chi connectivity index (χ1) is 7.22. The van der Waals surface area contributed by atoms with E-state index in [4.69, 9.17) is 10.5 Å². The Kier molecular flexibility index (Phi) is 2.49. The van der Waals surface area contributed by atoms with E-state index in [1.54, 1.807) is 6.07 Å². The zero-order chi connectivity index (χ0) is 10.8. The van der Waals surface area contributed by atoms with E-state index in [-0.39, 0.29) is 11.9 Å². The summed E-state index contributed by atoms with van der Waals surface area (Å²) in [5, 5.41) is 0. The molecule has 0 aromatic heterocycles. The molecule has 0 radical (unpaired) electrons. The second-order valence-electron chi connectivity index (χ2n) is 3.57. The van der Waals surface area contributed by atoms with Gasteiger partial charge < -0.3 is 15.2 Å². The molecule has 2 N–H and O–H groups in total. The number of anilines is 1. The van der Waals surface area contributed by atoms with Crippen LogP contribution in [0.25, 0.3) is 0 Å². The van der Waals surface area contributed by atoms with Gasteiger partial charge in [0.2, 0.25) is 0 Å². The van der Waals surface area contributed by atoms with E-state index in [0.29, 0.717) is 24.5 Å². The van der Waals surface area contributed by atoms with Crippen LogP contribution in [0, 0.1) is 5.92 Å². The van der Waals surface area contributed by atoms with Crippen molar-refractivity contribution in [1.29, 1.82) is 0 Å². The quantitative estimate of drug-likeness (QED) is 0.551. The number of rotatable bonds is 1. The standard InChI is InChI=1S/C11H13NO3/c1-14-11(13)8-5-7-3-2-4-9(12)10(7)15-6-8/h2-4,8H,5-6,12H2,1H3. The lowest BCUT2D eigenvalue weighted by Crippen LogP contribution is -2.29. The molecule has 1 aromatic carbocycles. The van der Waals surface area contributed by atoms with Crippen molar-refractivity contribution in [2.75, 3.05) is 19.5 Å². The summed E-state index contributed by atoms with van der Waals surface area (Å²) < 4.78 is 10.1. The molecule has 4 heteroatoms. The van der Waals surface area contributed by atoms with Crippen molar-refractivity contribution in [2.24, 2.45) is 5.92 Å². The Morgan fingerprint density at radius 1 is 1.60 bits per heavy atom. The predicted octanol–water partition coefficient (Wildman–Crippen LogP) is 0.993. The molecule has 0 fully saturated rings. The highest BCUT2D eigenvalue weighted by molar-refractivity contribution is 5.74. The molecule has 1 unspecified atom stereocenters. The highest BCUT2D eigenvalue weighted by atomic mass is 16.5. The third-order valence-corrected chi connectivity index (χ3v) is 2.56. The maximum Gasteiger partial charge on any atom is 0.312 e. The summed E-state index contributed by atoms with van der Waals surface area (Å²) in [6.07, 6.45) is 0.632. The molecule has 0 aliphatic carbocycles. The Balaban J connectivity index is 2.24. The Hall–Kier alpha value is -1.71. The Labute approximate surface area is 88.0 Å². The van der Waals surface area contributed by atoms with Crippen molar-refractivity contribution in [2.45, 2.75) is 6.42 Å². The van der Waals surface area contributed by atoms with E-state index in [9.17, 15) is 4.79 Å². The number of nitrogen functional groups attached to an aromatic ring is 1. The van der Waals surface area contributed by atoms with Gasteiger partial charge in [0, 0.05) is 0 Å². The van der Waals surface area contributed by atoms with Crippen molar-refractivity contribution < 1.29 is 14.3 Å². The maximum atomic E-state index is 11.3. The van der Waals surface area contributed by atoms with Crippen LogP contribution in [0.3, 0.4) is 0 Å². The van der Waals surface area contributed by atoms with Crippen LogP contribution in [-0.4, -0.2) is 19.7 Å². The largest absolute Gasteiger partial charge is 0.490 e. The first kappa shape index (κ1) is 9.83. The average molecular weight is 207 g/mol. The average Bonchev–Trinajstić information content (AvgIpc) is 2.28. The molecule has 4 nitrogen and oxygen atoms in total. The normalized spacial score (nSPS) is 18.9. The van der Waals surface area contributed by atoms with Crippen LogP contribution in [0.15, 0.2) is 18.2 Å². The van der Waals surface area contributed by atoms with Gasteiger partial charge in [-0.15, -0.1) is 0 Å². The van der Waals surface area contributed by atoms with Crippen LogP contribution in [0.2, 0.25) is 0 Å². The zero-order valence-electron chi connectivity index (χ0n) is 8.53. The number of hydrogen-bond donors (Lipinski definition) is 1. The summed E-state index contributed by atoms with van der Waals surface area (Å²) in [6.45, 7) is 0.341. The van der Waals surface area contributed by atoms with E-state index in [2.05, 4.69) is 4.74 Å². The van der Waals surface area contributed by atoms with E-state index in [1.807, 2.05) is 12.1 Å². The number of esters is 1. The number of fused-ring (bicyclic) bond motifs is 1. The molecule has 1 aromatic rings. The van der Waals surface area contributed by atoms with Gasteiger partial charge in [-0.2, -0.15) is 0 Å². The Bertz CT molecular complexity index is 389. The van der Waals surface area contributed by atoms with Crippen molar-refractivity contribution in [3.63, 3.8) is 0 Å². The van der Waals surface area contributed by atoms with Crippen molar-refractivity contribution >= 4 is 11.7 Å². The fraction of sp³-hybridized carbons (Fsp3) is 0.364. The first-order valence-corrected chi connectivity index (χ1v) is 4.80. The van der Waals surface area contributed by atoms with E-state index >= 15 is 0 Å². The van der Waals surface area contributed by atoms with Gasteiger partial charge in [0.05, 0.1) is 18.7 Å². The molecule has 0 saturated heterocycles. The van der Waals surface area contributed by atoms with Crippen LogP contribution in [0.1, 0.15) is 5.56 Å². The van der Waals surface area contributed by atoms with Gasteiger partial charge in [-0.3, -0.25) is 4.79 Å². The van der Waals surface area contributed by atoms with Gasteiger partial charge in [-0.25, -0.2) is 0 Å². The third-order valence-electron chi connectivity index (χ3n) is 2.56. The molecule has 15 heavy (non-hydrogen) atoms. The highest BCUT2D eigenvalue weighted by Crippen LogP contribution is 2.32. The lowest BCUT2D eigenvalue weighted by Gasteiger charge is -2.24. The lowest BCUT2D eigenvalue weighted by atomic mass is 9.96. The number of carbonyl (C=O) groups is 1. The van der Waals surface area contributed by atoms with Crippen LogP contribution in [0.5, 0.6) is 5.75 Å². The number of benzene rings is 1. The third kappa shape index (κ3) is 1.75. The number of para-hydroxylation sites is 1. The number of carbonyl (C=O) groups excluding carboxylic acids is 1. The molecule has 80 valence electrons. The molecule has 1 aliphatic heterocycles. The van der Waals surface area contributed by atoms with Gasteiger partial charge in [-0.05, 0) is 18.1 Å². The fourth-order valence-electron chi connectivity index (χ4n) is 1.77. The Morgan fingerprint density at radius 2 is 2.40 bits per heavy atom. The summed E-state index contributed by atoms with van der Waals surface area (Å²) >= 11 is 0. The number of nitrogens with two attached hydrogens (primary N) is 1. The van der Waals surface area contributed by atoms with Gasteiger partial charge in [0.1, 0.15) is 12.4 Å². The molecule has 0 bridgehead atoms. The second-order valence-corrected chi connectivity index (χ2v) is 3.57. The van der Waals surface area contributed by atoms with Crippen LogP contribution in [-0.2, 0) is 16.0 Å². The monoisotopic (exact) mass is 207 g/mol. The topological polar surface area (TPSA) is 61.5 Å². The molecule has 2 rings (SSSR count). The minimum absolute atomic E-state index is 0.218. The first-order valence-electron chi connectivity index (χ1n) is 4.80. The maximum absolute atomic E-state index is 11.3. The predicted molar refractivity (Wildman–Crippen MR) is 55.6 cm³/mol. The van der Waals surface area contributed by atoms with E-state index < -0.39 is 0 Å². The SMILES string of the molecule is COC(=O)C1COc2c(N)cccc2C1. The molecule has 1 atom stereocenters. The number of ether oxygens (including phenoxy) is 2.